The number of carbonyl (C=O) groups is 1. The minimum absolute atomic E-state index is 0.0240. The third kappa shape index (κ3) is 5.03. The van der Waals surface area contributed by atoms with Gasteiger partial charge in [0.05, 0.1) is 22.9 Å². The first-order valence-corrected chi connectivity index (χ1v) is 8.37. The highest BCUT2D eigenvalue weighted by Gasteiger charge is 2.21. The molecule has 0 radical (unpaired) electrons. The molecule has 120 valence electrons. The van der Waals surface area contributed by atoms with E-state index in [1.165, 1.54) is 11.8 Å². The molecular weight excluding hydrogens is 298 g/mol. The van der Waals surface area contributed by atoms with Crippen LogP contribution in [0.5, 0.6) is 0 Å². The number of aliphatic hydroxyl groups excluding tert-OH is 1. The van der Waals surface area contributed by atoms with Gasteiger partial charge in [0, 0.05) is 6.54 Å². The van der Waals surface area contributed by atoms with Gasteiger partial charge in [-0.2, -0.15) is 0 Å². The summed E-state index contributed by atoms with van der Waals surface area (Å²) in [5.41, 5.74) is 1.76. The van der Waals surface area contributed by atoms with Crippen LogP contribution in [0.1, 0.15) is 27.2 Å². The predicted octanol–water partition coefficient (Wildman–Crippen LogP) is 2.57. The number of H-pyrrole nitrogens is 1. The van der Waals surface area contributed by atoms with E-state index < -0.39 is 0 Å². The van der Waals surface area contributed by atoms with Crippen molar-refractivity contribution in [1.82, 2.24) is 15.3 Å². The number of imidazole rings is 1. The highest BCUT2D eigenvalue weighted by Crippen LogP contribution is 2.22. The molecule has 1 unspecified atom stereocenters. The van der Waals surface area contributed by atoms with E-state index in [0.29, 0.717) is 18.7 Å². The maximum absolute atomic E-state index is 11.9. The van der Waals surface area contributed by atoms with E-state index in [1.807, 2.05) is 38.1 Å². The molecule has 1 aromatic carbocycles. The molecule has 1 amide bonds. The van der Waals surface area contributed by atoms with Crippen LogP contribution in [-0.2, 0) is 4.79 Å². The zero-order chi connectivity index (χ0) is 16.2. The number of aliphatic hydroxyl groups is 1. The summed E-state index contributed by atoms with van der Waals surface area (Å²) in [5, 5.41) is 13.1. The van der Waals surface area contributed by atoms with Crippen molar-refractivity contribution in [3.63, 3.8) is 0 Å². The van der Waals surface area contributed by atoms with Crippen molar-refractivity contribution in [1.29, 1.82) is 0 Å². The SMILES string of the molecule is CC(O)CC(C)(C)CNC(=O)CSc1nc2ccccc2[nH]1. The monoisotopic (exact) mass is 321 g/mol. The van der Waals surface area contributed by atoms with Gasteiger partial charge in [0.2, 0.25) is 5.91 Å². The lowest BCUT2D eigenvalue weighted by molar-refractivity contribution is -0.119. The van der Waals surface area contributed by atoms with Gasteiger partial charge >= 0.3 is 0 Å². The lowest BCUT2D eigenvalue weighted by Gasteiger charge is -2.26. The molecule has 5 nitrogen and oxygen atoms in total. The van der Waals surface area contributed by atoms with E-state index >= 15 is 0 Å². The van der Waals surface area contributed by atoms with E-state index in [2.05, 4.69) is 15.3 Å². The number of hydrogen-bond donors (Lipinski definition) is 3. The minimum Gasteiger partial charge on any atom is -0.393 e. The molecule has 0 fully saturated rings. The summed E-state index contributed by atoms with van der Waals surface area (Å²) in [6.07, 6.45) is 0.293. The Morgan fingerprint density at radius 2 is 2.18 bits per heavy atom. The normalized spacial score (nSPS) is 13.3. The number of aromatic amines is 1. The number of aromatic nitrogens is 2. The van der Waals surface area contributed by atoms with Crippen molar-refractivity contribution in [3.05, 3.63) is 24.3 Å². The van der Waals surface area contributed by atoms with Gasteiger partial charge in [-0.15, -0.1) is 0 Å². The molecule has 1 atom stereocenters. The van der Waals surface area contributed by atoms with Crippen LogP contribution in [0.4, 0.5) is 0 Å². The molecule has 1 heterocycles. The minimum atomic E-state index is -0.364. The highest BCUT2D eigenvalue weighted by molar-refractivity contribution is 7.99. The number of thioether (sulfide) groups is 1. The van der Waals surface area contributed by atoms with Gasteiger partial charge < -0.3 is 15.4 Å². The van der Waals surface area contributed by atoms with E-state index in [0.717, 1.165) is 16.2 Å². The van der Waals surface area contributed by atoms with Gasteiger partial charge in [-0.3, -0.25) is 4.79 Å². The Kier molecular flexibility index (Phi) is 5.47. The first-order chi connectivity index (χ1) is 10.4. The molecule has 2 rings (SSSR count). The number of amides is 1. The first kappa shape index (κ1) is 16.8. The molecule has 6 heteroatoms. The second kappa shape index (κ2) is 7.15. The topological polar surface area (TPSA) is 78.0 Å². The Morgan fingerprint density at radius 1 is 1.45 bits per heavy atom. The molecular formula is C16H23N3O2S. The Hall–Kier alpha value is -1.53. The van der Waals surface area contributed by atoms with Crippen molar-refractivity contribution in [2.24, 2.45) is 5.41 Å². The molecule has 2 aromatic rings. The molecule has 1 aromatic heterocycles. The van der Waals surface area contributed by atoms with Gasteiger partial charge in [0.1, 0.15) is 0 Å². The molecule has 0 aliphatic heterocycles. The highest BCUT2D eigenvalue weighted by atomic mass is 32.2. The summed E-state index contributed by atoms with van der Waals surface area (Å²) in [6, 6.07) is 7.79. The Morgan fingerprint density at radius 3 is 2.86 bits per heavy atom. The Bertz CT molecular complexity index is 604. The van der Waals surface area contributed by atoms with Crippen LogP contribution in [0.15, 0.2) is 29.4 Å². The predicted molar refractivity (Wildman–Crippen MR) is 89.9 cm³/mol. The molecule has 22 heavy (non-hydrogen) atoms. The lowest BCUT2D eigenvalue weighted by atomic mass is 9.87. The molecule has 0 saturated heterocycles. The van der Waals surface area contributed by atoms with Crippen LogP contribution in [0.25, 0.3) is 11.0 Å². The van der Waals surface area contributed by atoms with Crippen LogP contribution < -0.4 is 5.32 Å². The van der Waals surface area contributed by atoms with E-state index in [9.17, 15) is 9.90 Å². The van der Waals surface area contributed by atoms with E-state index in [-0.39, 0.29) is 17.4 Å². The van der Waals surface area contributed by atoms with Crippen LogP contribution in [0.2, 0.25) is 0 Å². The summed E-state index contributed by atoms with van der Waals surface area (Å²) in [4.78, 5) is 19.5. The fraction of sp³-hybridized carbons (Fsp3) is 0.500. The summed E-state index contributed by atoms with van der Waals surface area (Å²) < 4.78 is 0. The zero-order valence-corrected chi connectivity index (χ0v) is 14.0. The smallest absolute Gasteiger partial charge is 0.230 e. The van der Waals surface area contributed by atoms with Crippen molar-refractivity contribution < 1.29 is 9.90 Å². The summed E-state index contributed by atoms with van der Waals surface area (Å²) in [7, 11) is 0. The number of hydrogen-bond acceptors (Lipinski definition) is 4. The van der Waals surface area contributed by atoms with E-state index in [4.69, 9.17) is 0 Å². The third-order valence-corrected chi connectivity index (χ3v) is 4.19. The second-order valence-corrected chi connectivity index (χ2v) is 7.31. The number of fused-ring (bicyclic) bond motifs is 1. The fourth-order valence-electron chi connectivity index (χ4n) is 2.39. The number of nitrogens with zero attached hydrogens (tertiary/aromatic N) is 1. The molecule has 0 spiro atoms. The van der Waals surface area contributed by atoms with Crippen molar-refractivity contribution >= 4 is 28.7 Å². The molecule has 0 saturated carbocycles. The first-order valence-electron chi connectivity index (χ1n) is 7.38. The van der Waals surface area contributed by atoms with Gasteiger partial charge in [-0.1, -0.05) is 37.7 Å². The number of nitrogens with one attached hydrogen (secondary N) is 2. The van der Waals surface area contributed by atoms with Gasteiger partial charge in [0.25, 0.3) is 0 Å². The van der Waals surface area contributed by atoms with Crippen LogP contribution in [0, 0.1) is 5.41 Å². The lowest BCUT2D eigenvalue weighted by Crippen LogP contribution is -2.36. The maximum atomic E-state index is 11.9. The molecule has 0 aliphatic rings. The van der Waals surface area contributed by atoms with Gasteiger partial charge in [-0.05, 0) is 30.9 Å². The maximum Gasteiger partial charge on any atom is 0.230 e. The van der Waals surface area contributed by atoms with Crippen molar-refractivity contribution in [2.45, 2.75) is 38.5 Å². The van der Waals surface area contributed by atoms with Gasteiger partial charge in [0.15, 0.2) is 5.16 Å². The number of rotatable bonds is 7. The largest absolute Gasteiger partial charge is 0.393 e. The quantitative estimate of drug-likeness (QED) is 0.685. The van der Waals surface area contributed by atoms with Crippen LogP contribution in [0.3, 0.4) is 0 Å². The van der Waals surface area contributed by atoms with E-state index in [1.54, 1.807) is 6.92 Å². The third-order valence-electron chi connectivity index (χ3n) is 3.32. The zero-order valence-electron chi connectivity index (χ0n) is 13.2. The Labute approximate surface area is 134 Å². The number of benzene rings is 1. The molecule has 0 aliphatic carbocycles. The van der Waals surface area contributed by atoms with Crippen molar-refractivity contribution in [3.8, 4) is 0 Å². The number of para-hydroxylation sites is 2. The Balaban J connectivity index is 1.80. The van der Waals surface area contributed by atoms with Crippen molar-refractivity contribution in [2.75, 3.05) is 12.3 Å². The van der Waals surface area contributed by atoms with Crippen LogP contribution >= 0.6 is 11.8 Å². The fourth-order valence-corrected chi connectivity index (χ4v) is 3.11. The average molecular weight is 321 g/mol. The number of carbonyl (C=O) groups excluding carboxylic acids is 1. The summed E-state index contributed by atoms with van der Waals surface area (Å²) >= 11 is 1.39. The average Bonchev–Trinajstić information content (AvgIpc) is 2.84. The summed E-state index contributed by atoms with van der Waals surface area (Å²) in [6.45, 7) is 6.39. The molecule has 3 N–H and O–H groups in total. The van der Waals surface area contributed by atoms with Crippen LogP contribution in [-0.4, -0.2) is 39.4 Å². The second-order valence-electron chi connectivity index (χ2n) is 6.34. The van der Waals surface area contributed by atoms with Gasteiger partial charge in [-0.25, -0.2) is 4.98 Å². The molecule has 0 bridgehead atoms. The summed E-state index contributed by atoms with van der Waals surface area (Å²) in [5.74, 6) is 0.300. The standard InChI is InChI=1S/C16H23N3O2S/c1-11(20)8-16(2,3)10-17-14(21)9-22-15-18-12-6-4-5-7-13(12)19-15/h4-7,11,20H,8-10H2,1-3H3,(H,17,21)(H,18,19).